The van der Waals surface area contributed by atoms with Crippen LogP contribution in [0.25, 0.3) is 0 Å². The number of carbonyl (C=O) groups is 1. The smallest absolute Gasteiger partial charge is 0.224 e. The van der Waals surface area contributed by atoms with Crippen LogP contribution in [-0.4, -0.2) is 23.5 Å². The van der Waals surface area contributed by atoms with Gasteiger partial charge in [0.05, 0.1) is 5.69 Å². The van der Waals surface area contributed by atoms with Gasteiger partial charge >= 0.3 is 0 Å². The second-order valence-electron chi connectivity index (χ2n) is 7.91. The lowest BCUT2D eigenvalue weighted by atomic mass is 9.87. The van der Waals surface area contributed by atoms with Gasteiger partial charge in [-0.1, -0.05) is 26.3 Å². The Morgan fingerprint density at radius 1 is 1.26 bits per heavy atom. The number of amides is 1. The zero-order valence-corrected chi connectivity index (χ0v) is 16.5. The molecule has 0 radical (unpaired) electrons. The van der Waals surface area contributed by atoms with Crippen molar-refractivity contribution in [3.05, 3.63) is 23.8 Å². The van der Waals surface area contributed by atoms with Gasteiger partial charge in [-0.3, -0.25) is 9.69 Å². The van der Waals surface area contributed by atoms with Gasteiger partial charge in [0.15, 0.2) is 0 Å². The van der Waals surface area contributed by atoms with Crippen LogP contribution in [0.1, 0.15) is 57.9 Å². The van der Waals surface area contributed by atoms with Crippen LogP contribution in [0.4, 0.5) is 11.4 Å². The van der Waals surface area contributed by atoms with Crippen molar-refractivity contribution in [1.82, 2.24) is 0 Å². The fourth-order valence-corrected chi connectivity index (χ4v) is 4.04. The first kappa shape index (κ1) is 19.2. The average molecular weight is 371 g/mol. The van der Waals surface area contributed by atoms with Crippen molar-refractivity contribution in [2.75, 3.05) is 10.2 Å². The third-order valence-electron chi connectivity index (χ3n) is 5.27. The third kappa shape index (κ3) is 3.91. The monoisotopic (exact) mass is 370 g/mol. The largest absolute Gasteiger partial charge is 0.369 e. The number of rotatable bonds is 4. The van der Waals surface area contributed by atoms with Gasteiger partial charge in [-0.2, -0.15) is 4.99 Å². The van der Waals surface area contributed by atoms with Gasteiger partial charge in [0, 0.05) is 12.1 Å². The molecule has 1 spiro atoms. The maximum atomic E-state index is 12.3. The average Bonchev–Trinajstić information content (AvgIpc) is 2.57. The molecule has 1 aromatic rings. The first-order valence-corrected chi connectivity index (χ1v) is 9.71. The highest BCUT2D eigenvalue weighted by Gasteiger charge is 2.43. The second kappa shape index (κ2) is 7.58. The van der Waals surface area contributed by atoms with E-state index in [-0.39, 0.29) is 11.9 Å². The Hall–Kier alpha value is -2.57. The minimum Gasteiger partial charge on any atom is -0.369 e. The summed E-state index contributed by atoms with van der Waals surface area (Å²) in [4.78, 5) is 23.2. The van der Waals surface area contributed by atoms with E-state index in [4.69, 9.17) is 16.5 Å². The molecular formula is C20H30N6O. The highest BCUT2D eigenvalue weighted by atomic mass is 16.1. The zero-order valence-electron chi connectivity index (χ0n) is 16.5. The van der Waals surface area contributed by atoms with E-state index in [1.54, 1.807) is 0 Å². The van der Waals surface area contributed by atoms with Gasteiger partial charge < -0.3 is 16.8 Å². The first-order valence-electron chi connectivity index (χ1n) is 9.71. The van der Waals surface area contributed by atoms with Crippen LogP contribution < -0.4 is 21.7 Å². The number of nitrogens with zero attached hydrogens (tertiary/aromatic N) is 3. The molecule has 146 valence electrons. The molecule has 1 aliphatic carbocycles. The van der Waals surface area contributed by atoms with Crippen molar-refractivity contribution in [2.45, 2.75) is 65.0 Å². The Labute approximate surface area is 160 Å². The van der Waals surface area contributed by atoms with E-state index >= 15 is 0 Å². The van der Waals surface area contributed by atoms with Gasteiger partial charge in [-0.25, -0.2) is 4.99 Å². The van der Waals surface area contributed by atoms with Crippen LogP contribution in [0.15, 0.2) is 28.2 Å². The fraction of sp³-hybridized carbons (Fsp3) is 0.550. The van der Waals surface area contributed by atoms with E-state index in [0.717, 1.165) is 42.6 Å². The molecule has 1 heterocycles. The molecule has 1 aromatic carbocycles. The first-order chi connectivity index (χ1) is 12.8. The van der Waals surface area contributed by atoms with Gasteiger partial charge in [-0.05, 0) is 56.2 Å². The lowest BCUT2D eigenvalue weighted by Gasteiger charge is -2.46. The summed E-state index contributed by atoms with van der Waals surface area (Å²) in [6.07, 6.45) is 5.59. The summed E-state index contributed by atoms with van der Waals surface area (Å²) < 4.78 is 0. The molecule has 2 aliphatic rings. The van der Waals surface area contributed by atoms with E-state index in [1.807, 2.05) is 43.9 Å². The summed E-state index contributed by atoms with van der Waals surface area (Å²) in [5.41, 5.74) is 14.4. The second-order valence-corrected chi connectivity index (χ2v) is 7.91. The van der Waals surface area contributed by atoms with Gasteiger partial charge in [0.25, 0.3) is 0 Å². The fourth-order valence-electron chi connectivity index (χ4n) is 4.04. The molecule has 0 aromatic heterocycles. The molecule has 3 rings (SSSR count). The summed E-state index contributed by atoms with van der Waals surface area (Å²) in [7, 11) is 0. The number of aliphatic imine (C=N–C) groups is 2. The topological polar surface area (TPSA) is 109 Å². The van der Waals surface area contributed by atoms with Crippen LogP contribution in [-0.2, 0) is 4.79 Å². The van der Waals surface area contributed by atoms with Crippen molar-refractivity contribution in [3.8, 4) is 0 Å². The summed E-state index contributed by atoms with van der Waals surface area (Å²) in [6, 6.07) is 5.85. The minimum absolute atomic E-state index is 0.0141. The molecule has 1 fully saturated rings. The van der Waals surface area contributed by atoms with Crippen molar-refractivity contribution in [1.29, 1.82) is 0 Å². The predicted octanol–water partition coefficient (Wildman–Crippen LogP) is 3.09. The molecular weight excluding hydrogens is 340 g/mol. The van der Waals surface area contributed by atoms with Crippen LogP contribution in [0.3, 0.4) is 0 Å². The third-order valence-corrected chi connectivity index (χ3v) is 5.27. The quantitative estimate of drug-likeness (QED) is 0.756. The molecule has 7 nitrogen and oxygen atoms in total. The van der Waals surface area contributed by atoms with Crippen molar-refractivity contribution in [3.63, 3.8) is 0 Å². The Balaban J connectivity index is 1.98. The van der Waals surface area contributed by atoms with Crippen LogP contribution >= 0.6 is 0 Å². The number of hydrogen-bond donors (Lipinski definition) is 3. The van der Waals surface area contributed by atoms with Crippen molar-refractivity contribution >= 4 is 29.2 Å². The summed E-state index contributed by atoms with van der Waals surface area (Å²) >= 11 is 0. The van der Waals surface area contributed by atoms with Crippen LogP contribution in [0, 0.1) is 12.8 Å². The number of nitrogens with one attached hydrogen (secondary N) is 1. The SMILES string of the molecule is Cc1c(NC(=O)CC(C)C)cccc1N1C(N)=NC(N)=NC12CCCCC2. The molecule has 0 unspecified atom stereocenters. The zero-order chi connectivity index (χ0) is 19.6. The van der Waals surface area contributed by atoms with E-state index in [2.05, 4.69) is 10.3 Å². The Morgan fingerprint density at radius 3 is 2.63 bits per heavy atom. The molecule has 0 saturated heterocycles. The molecule has 5 N–H and O–H groups in total. The summed E-state index contributed by atoms with van der Waals surface area (Å²) in [5, 5.41) is 3.03. The van der Waals surface area contributed by atoms with E-state index in [1.165, 1.54) is 6.42 Å². The van der Waals surface area contributed by atoms with E-state index in [0.29, 0.717) is 18.3 Å². The maximum absolute atomic E-state index is 12.3. The molecule has 1 aliphatic heterocycles. The molecule has 0 bridgehead atoms. The molecule has 1 amide bonds. The number of nitrogens with two attached hydrogens (primary N) is 2. The Morgan fingerprint density at radius 2 is 1.96 bits per heavy atom. The number of anilines is 2. The van der Waals surface area contributed by atoms with E-state index < -0.39 is 5.66 Å². The minimum atomic E-state index is -0.487. The van der Waals surface area contributed by atoms with Gasteiger partial charge in [0.1, 0.15) is 5.66 Å². The lowest BCUT2D eigenvalue weighted by molar-refractivity contribution is -0.116. The summed E-state index contributed by atoms with van der Waals surface area (Å²) in [5.74, 6) is 0.921. The van der Waals surface area contributed by atoms with E-state index in [9.17, 15) is 4.79 Å². The molecule has 1 saturated carbocycles. The molecule has 0 atom stereocenters. The molecule has 27 heavy (non-hydrogen) atoms. The highest BCUT2D eigenvalue weighted by Crippen LogP contribution is 2.41. The molecule has 7 heteroatoms. The summed E-state index contributed by atoms with van der Waals surface area (Å²) in [6.45, 7) is 6.05. The van der Waals surface area contributed by atoms with Crippen LogP contribution in [0.2, 0.25) is 0 Å². The lowest BCUT2D eigenvalue weighted by Crippen LogP contribution is -2.58. The number of benzene rings is 1. The van der Waals surface area contributed by atoms with Crippen LogP contribution in [0.5, 0.6) is 0 Å². The Bertz CT molecular complexity index is 777. The van der Waals surface area contributed by atoms with Crippen molar-refractivity contribution < 1.29 is 4.79 Å². The van der Waals surface area contributed by atoms with Gasteiger partial charge in [-0.15, -0.1) is 0 Å². The number of carbonyl (C=O) groups excluding carboxylic acids is 1. The number of hydrogen-bond acceptors (Lipinski definition) is 6. The van der Waals surface area contributed by atoms with Crippen molar-refractivity contribution in [2.24, 2.45) is 27.4 Å². The number of guanidine groups is 2. The Kier molecular flexibility index (Phi) is 5.39. The standard InChI is InChI=1S/C20H30N6O/c1-13(2)12-17(27)23-15-8-7-9-16(14(15)3)26-19(22)24-18(21)25-20(26)10-5-4-6-11-20/h7-9,13H,4-6,10-12H2,1-3H3,(H,23,27)(H4,21,22,24,25). The normalized spacial score (nSPS) is 19.0. The van der Waals surface area contributed by atoms with Gasteiger partial charge in [0.2, 0.25) is 17.8 Å². The predicted molar refractivity (Wildman–Crippen MR) is 111 cm³/mol. The maximum Gasteiger partial charge on any atom is 0.224 e. The highest BCUT2D eigenvalue weighted by molar-refractivity contribution is 6.06.